The van der Waals surface area contributed by atoms with Crippen LogP contribution in [0.4, 0.5) is 0 Å². The Labute approximate surface area is 74.7 Å². The standard InChI is InChI=1S/C9H19O3/c1-2-3-6-11-8-9-12-7-4-5-10/h2-9H2,1H3. The summed E-state index contributed by atoms with van der Waals surface area (Å²) in [7, 11) is 0. The second-order valence-electron chi connectivity index (χ2n) is 2.64. The van der Waals surface area contributed by atoms with Crippen LogP contribution in [0.2, 0.25) is 0 Å². The fraction of sp³-hybridized carbons (Fsp3) is 1.00. The fourth-order valence-electron chi connectivity index (χ4n) is 0.729. The molecule has 0 rings (SSSR count). The van der Waals surface area contributed by atoms with E-state index in [1.807, 2.05) is 0 Å². The minimum Gasteiger partial charge on any atom is -0.379 e. The Morgan fingerprint density at radius 2 is 1.50 bits per heavy atom. The van der Waals surface area contributed by atoms with E-state index in [-0.39, 0.29) is 6.61 Å². The molecule has 0 unspecified atom stereocenters. The molecule has 3 nitrogen and oxygen atoms in total. The molecule has 1 radical (unpaired) electrons. The highest BCUT2D eigenvalue weighted by Crippen LogP contribution is 1.88. The van der Waals surface area contributed by atoms with Crippen molar-refractivity contribution in [3.63, 3.8) is 0 Å². The van der Waals surface area contributed by atoms with E-state index >= 15 is 0 Å². The van der Waals surface area contributed by atoms with Gasteiger partial charge in [-0.05, 0) is 12.8 Å². The molecule has 0 amide bonds. The summed E-state index contributed by atoms with van der Waals surface area (Å²) in [6, 6.07) is 0. The first kappa shape index (κ1) is 11.9. The first-order valence-corrected chi connectivity index (χ1v) is 4.65. The molecule has 0 atom stereocenters. The highest BCUT2D eigenvalue weighted by atomic mass is 16.5. The van der Waals surface area contributed by atoms with E-state index in [1.54, 1.807) is 0 Å². The van der Waals surface area contributed by atoms with Crippen molar-refractivity contribution < 1.29 is 14.6 Å². The quantitative estimate of drug-likeness (QED) is 0.500. The normalized spacial score (nSPS) is 10.5. The monoisotopic (exact) mass is 175 g/mol. The van der Waals surface area contributed by atoms with Crippen LogP contribution in [0, 0.1) is 0 Å². The smallest absolute Gasteiger partial charge is 0.0844 e. The van der Waals surface area contributed by atoms with Crippen LogP contribution in [-0.4, -0.2) is 33.0 Å². The predicted molar refractivity (Wildman–Crippen MR) is 46.7 cm³/mol. The first-order chi connectivity index (χ1) is 5.91. The maximum Gasteiger partial charge on any atom is 0.0844 e. The molecule has 0 aromatic rings. The van der Waals surface area contributed by atoms with Crippen LogP contribution in [0.1, 0.15) is 26.2 Å². The Hall–Kier alpha value is -0.120. The lowest BCUT2D eigenvalue weighted by Gasteiger charge is -2.03. The van der Waals surface area contributed by atoms with Gasteiger partial charge < -0.3 is 9.47 Å². The molecular formula is C9H19O3. The van der Waals surface area contributed by atoms with Gasteiger partial charge in [-0.1, -0.05) is 13.3 Å². The maximum atomic E-state index is 9.99. The van der Waals surface area contributed by atoms with Gasteiger partial charge in [0, 0.05) is 13.2 Å². The van der Waals surface area contributed by atoms with Gasteiger partial charge in [0.2, 0.25) is 0 Å². The molecule has 0 bridgehead atoms. The SMILES string of the molecule is CCCCOCCOCCC[O]. The van der Waals surface area contributed by atoms with E-state index in [9.17, 15) is 5.11 Å². The minimum atomic E-state index is -0.0449. The van der Waals surface area contributed by atoms with Crippen molar-refractivity contribution in [3.8, 4) is 0 Å². The second kappa shape index (κ2) is 10.9. The third-order valence-corrected chi connectivity index (χ3v) is 1.45. The molecule has 0 saturated carbocycles. The van der Waals surface area contributed by atoms with Crippen LogP contribution in [0.25, 0.3) is 0 Å². The van der Waals surface area contributed by atoms with Crippen molar-refractivity contribution in [1.82, 2.24) is 0 Å². The second-order valence-corrected chi connectivity index (χ2v) is 2.64. The molecule has 0 N–H and O–H groups in total. The molecule has 0 spiro atoms. The zero-order valence-corrected chi connectivity index (χ0v) is 7.88. The summed E-state index contributed by atoms with van der Waals surface area (Å²) in [5, 5.41) is 9.99. The van der Waals surface area contributed by atoms with Crippen LogP contribution < -0.4 is 0 Å². The molecule has 0 heterocycles. The van der Waals surface area contributed by atoms with E-state index < -0.39 is 0 Å². The van der Waals surface area contributed by atoms with Gasteiger partial charge in [-0.15, -0.1) is 0 Å². The zero-order valence-electron chi connectivity index (χ0n) is 7.88. The lowest BCUT2D eigenvalue weighted by atomic mass is 10.4. The van der Waals surface area contributed by atoms with Gasteiger partial charge in [0.1, 0.15) is 0 Å². The number of rotatable bonds is 9. The number of hydrogen-bond donors (Lipinski definition) is 0. The predicted octanol–water partition coefficient (Wildman–Crippen LogP) is 1.64. The molecule has 3 heteroatoms. The van der Waals surface area contributed by atoms with Gasteiger partial charge in [0.05, 0.1) is 19.8 Å². The highest BCUT2D eigenvalue weighted by Gasteiger charge is 1.89. The van der Waals surface area contributed by atoms with Crippen molar-refractivity contribution >= 4 is 0 Å². The van der Waals surface area contributed by atoms with Gasteiger partial charge in [0.25, 0.3) is 0 Å². The fourth-order valence-corrected chi connectivity index (χ4v) is 0.729. The molecular weight excluding hydrogens is 156 g/mol. The van der Waals surface area contributed by atoms with Crippen LogP contribution in [-0.2, 0) is 14.6 Å². The van der Waals surface area contributed by atoms with Gasteiger partial charge in [-0.3, -0.25) is 0 Å². The lowest BCUT2D eigenvalue weighted by Crippen LogP contribution is -2.06. The largest absolute Gasteiger partial charge is 0.379 e. The summed E-state index contributed by atoms with van der Waals surface area (Å²) in [5.74, 6) is 0. The summed E-state index contributed by atoms with van der Waals surface area (Å²) in [6.07, 6.45) is 2.88. The average molecular weight is 175 g/mol. The lowest BCUT2D eigenvalue weighted by molar-refractivity contribution is 0.0378. The van der Waals surface area contributed by atoms with E-state index in [0.29, 0.717) is 26.2 Å². The molecule has 0 aromatic heterocycles. The van der Waals surface area contributed by atoms with Crippen molar-refractivity contribution in [2.75, 3.05) is 33.0 Å². The van der Waals surface area contributed by atoms with Crippen LogP contribution in [0.3, 0.4) is 0 Å². The van der Waals surface area contributed by atoms with Crippen LogP contribution >= 0.6 is 0 Å². The van der Waals surface area contributed by atoms with E-state index in [2.05, 4.69) is 6.92 Å². The first-order valence-electron chi connectivity index (χ1n) is 4.65. The van der Waals surface area contributed by atoms with E-state index in [1.165, 1.54) is 0 Å². The Morgan fingerprint density at radius 1 is 0.917 bits per heavy atom. The van der Waals surface area contributed by atoms with Crippen molar-refractivity contribution in [2.45, 2.75) is 26.2 Å². The van der Waals surface area contributed by atoms with Crippen LogP contribution in [0.15, 0.2) is 0 Å². The minimum absolute atomic E-state index is 0.0449. The molecule has 0 aliphatic heterocycles. The van der Waals surface area contributed by atoms with Gasteiger partial charge >= 0.3 is 0 Å². The molecule has 0 aliphatic carbocycles. The molecule has 73 valence electrons. The zero-order chi connectivity index (χ0) is 9.07. The Balaban J connectivity index is 2.73. The highest BCUT2D eigenvalue weighted by molar-refractivity contribution is 4.35. The molecule has 0 aromatic carbocycles. The molecule has 0 fully saturated rings. The molecule has 0 saturated heterocycles. The topological polar surface area (TPSA) is 38.4 Å². The summed E-state index contributed by atoms with van der Waals surface area (Å²) in [4.78, 5) is 0. The number of unbranched alkanes of at least 4 members (excludes halogenated alkanes) is 1. The van der Waals surface area contributed by atoms with Gasteiger partial charge in [-0.25, -0.2) is 5.11 Å². The third-order valence-electron chi connectivity index (χ3n) is 1.45. The third kappa shape index (κ3) is 9.88. The van der Waals surface area contributed by atoms with E-state index in [0.717, 1.165) is 19.4 Å². The van der Waals surface area contributed by atoms with Crippen LogP contribution in [0.5, 0.6) is 0 Å². The summed E-state index contributed by atoms with van der Waals surface area (Å²) < 4.78 is 10.4. The van der Waals surface area contributed by atoms with Crippen molar-refractivity contribution in [3.05, 3.63) is 0 Å². The Bertz CT molecular complexity index is 66.2. The van der Waals surface area contributed by atoms with Gasteiger partial charge in [0.15, 0.2) is 0 Å². The number of ether oxygens (including phenoxy) is 2. The van der Waals surface area contributed by atoms with Gasteiger partial charge in [-0.2, -0.15) is 0 Å². The Morgan fingerprint density at radius 3 is 2.00 bits per heavy atom. The van der Waals surface area contributed by atoms with Crippen molar-refractivity contribution in [2.24, 2.45) is 0 Å². The summed E-state index contributed by atoms with van der Waals surface area (Å²) in [6.45, 7) is 4.75. The molecule has 12 heavy (non-hydrogen) atoms. The maximum absolute atomic E-state index is 9.99. The average Bonchev–Trinajstić information content (AvgIpc) is 2.10. The summed E-state index contributed by atoms with van der Waals surface area (Å²) in [5.41, 5.74) is 0. The molecule has 0 aliphatic rings. The Kier molecular flexibility index (Phi) is 10.8. The van der Waals surface area contributed by atoms with Crippen molar-refractivity contribution in [1.29, 1.82) is 0 Å². The summed E-state index contributed by atoms with van der Waals surface area (Å²) >= 11 is 0. The van der Waals surface area contributed by atoms with E-state index in [4.69, 9.17) is 9.47 Å². The number of hydrogen-bond acceptors (Lipinski definition) is 2.